The van der Waals surface area contributed by atoms with Crippen molar-refractivity contribution in [3.63, 3.8) is 0 Å². The van der Waals surface area contributed by atoms with Crippen molar-refractivity contribution in [2.24, 2.45) is 5.92 Å². The Labute approximate surface area is 98.0 Å². The van der Waals surface area contributed by atoms with Crippen molar-refractivity contribution in [1.29, 1.82) is 5.26 Å². The number of nitro benzene ring substituents is 1. The van der Waals surface area contributed by atoms with Crippen LogP contribution in [-0.2, 0) is 11.3 Å². The van der Waals surface area contributed by atoms with Crippen LogP contribution in [0.5, 0.6) is 0 Å². The van der Waals surface area contributed by atoms with Crippen molar-refractivity contribution in [3.05, 3.63) is 39.9 Å². The zero-order valence-corrected chi connectivity index (χ0v) is 9.21. The lowest BCUT2D eigenvalue weighted by molar-refractivity contribution is -0.385. The summed E-state index contributed by atoms with van der Waals surface area (Å²) < 4.78 is 0. The molecule has 0 spiro atoms. The number of carbonyl (C=O) groups excluding carboxylic acids is 1. The van der Waals surface area contributed by atoms with Crippen LogP contribution < -0.4 is 5.32 Å². The summed E-state index contributed by atoms with van der Waals surface area (Å²) in [6.45, 7) is 1.51. The van der Waals surface area contributed by atoms with E-state index in [-0.39, 0.29) is 12.2 Å². The van der Waals surface area contributed by atoms with E-state index in [1.807, 2.05) is 0 Å². The van der Waals surface area contributed by atoms with E-state index >= 15 is 0 Å². The highest BCUT2D eigenvalue weighted by atomic mass is 16.6. The largest absolute Gasteiger partial charge is 0.351 e. The number of nitro groups is 1. The van der Waals surface area contributed by atoms with E-state index in [0.717, 1.165) is 0 Å². The topological polar surface area (TPSA) is 96.0 Å². The van der Waals surface area contributed by atoms with Crippen LogP contribution in [0, 0.1) is 27.4 Å². The monoisotopic (exact) mass is 233 g/mol. The van der Waals surface area contributed by atoms with E-state index in [9.17, 15) is 14.9 Å². The van der Waals surface area contributed by atoms with E-state index in [0.29, 0.717) is 5.56 Å². The number of benzene rings is 1. The summed E-state index contributed by atoms with van der Waals surface area (Å²) in [6, 6.07) is 7.94. The van der Waals surface area contributed by atoms with Crippen molar-refractivity contribution in [2.75, 3.05) is 0 Å². The van der Waals surface area contributed by atoms with Gasteiger partial charge in [-0.25, -0.2) is 0 Å². The minimum atomic E-state index is -0.766. The first-order valence-corrected chi connectivity index (χ1v) is 4.96. The molecule has 0 saturated heterocycles. The summed E-state index contributed by atoms with van der Waals surface area (Å²) in [5.74, 6) is -1.21. The molecule has 1 N–H and O–H groups in total. The summed E-state index contributed by atoms with van der Waals surface area (Å²) in [5, 5.41) is 21.7. The highest BCUT2D eigenvalue weighted by molar-refractivity contribution is 5.80. The predicted octanol–water partition coefficient (Wildman–Crippen LogP) is 1.37. The van der Waals surface area contributed by atoms with Crippen LogP contribution in [0.25, 0.3) is 0 Å². The summed E-state index contributed by atoms with van der Waals surface area (Å²) >= 11 is 0. The molecule has 1 atom stereocenters. The molecule has 0 bridgehead atoms. The third kappa shape index (κ3) is 3.28. The minimum Gasteiger partial charge on any atom is -0.351 e. The predicted molar refractivity (Wildman–Crippen MR) is 59.7 cm³/mol. The third-order valence-corrected chi connectivity index (χ3v) is 2.23. The number of amides is 1. The average Bonchev–Trinajstić information content (AvgIpc) is 2.35. The second-order valence-corrected chi connectivity index (χ2v) is 3.45. The molecule has 1 unspecified atom stereocenters. The molecule has 6 nitrogen and oxygen atoms in total. The summed E-state index contributed by atoms with van der Waals surface area (Å²) in [5.41, 5.74) is 0.369. The van der Waals surface area contributed by atoms with E-state index in [2.05, 4.69) is 5.32 Å². The maximum Gasteiger partial charge on any atom is 0.274 e. The quantitative estimate of drug-likeness (QED) is 0.627. The Morgan fingerprint density at radius 1 is 1.59 bits per heavy atom. The lowest BCUT2D eigenvalue weighted by Crippen LogP contribution is -2.28. The molecule has 0 aromatic heterocycles. The molecule has 0 aliphatic heterocycles. The Kier molecular flexibility index (Phi) is 4.17. The molecule has 0 aliphatic rings. The van der Waals surface area contributed by atoms with Gasteiger partial charge in [0, 0.05) is 18.2 Å². The molecule has 1 aromatic carbocycles. The van der Waals surface area contributed by atoms with Gasteiger partial charge in [-0.1, -0.05) is 18.2 Å². The highest BCUT2D eigenvalue weighted by Gasteiger charge is 2.15. The molecule has 88 valence electrons. The van der Waals surface area contributed by atoms with E-state index in [4.69, 9.17) is 5.26 Å². The van der Waals surface area contributed by atoms with Gasteiger partial charge in [-0.2, -0.15) is 5.26 Å². The molecule has 1 aromatic rings. The maximum absolute atomic E-state index is 11.3. The fourth-order valence-corrected chi connectivity index (χ4v) is 1.23. The lowest BCUT2D eigenvalue weighted by Gasteiger charge is -2.06. The number of nitrogens with zero attached hydrogens (tertiary/aromatic N) is 2. The first kappa shape index (κ1) is 12.6. The standard InChI is InChI=1S/C11H11N3O3/c1-8(6-12)11(15)13-7-9-4-2-3-5-10(9)14(16)17/h2-5,8H,7H2,1H3,(H,13,15). The number of hydrogen-bond acceptors (Lipinski definition) is 4. The van der Waals surface area contributed by atoms with Gasteiger partial charge < -0.3 is 5.32 Å². The Balaban J connectivity index is 2.74. The van der Waals surface area contributed by atoms with Crippen LogP contribution in [0.2, 0.25) is 0 Å². The number of para-hydroxylation sites is 1. The Hall–Kier alpha value is -2.42. The second-order valence-electron chi connectivity index (χ2n) is 3.45. The van der Waals surface area contributed by atoms with E-state index in [1.165, 1.54) is 13.0 Å². The summed E-state index contributed by atoms with van der Waals surface area (Å²) in [4.78, 5) is 21.5. The van der Waals surface area contributed by atoms with Crippen LogP contribution in [0.3, 0.4) is 0 Å². The zero-order valence-electron chi connectivity index (χ0n) is 9.21. The Morgan fingerprint density at radius 2 is 2.24 bits per heavy atom. The van der Waals surface area contributed by atoms with E-state index in [1.54, 1.807) is 24.3 Å². The van der Waals surface area contributed by atoms with Gasteiger partial charge in [0.2, 0.25) is 5.91 Å². The molecule has 0 heterocycles. The normalized spacial score (nSPS) is 11.3. The Bertz CT molecular complexity index is 479. The SMILES string of the molecule is CC(C#N)C(=O)NCc1ccccc1[N+](=O)[O-]. The smallest absolute Gasteiger partial charge is 0.274 e. The number of hydrogen-bond donors (Lipinski definition) is 1. The molecule has 0 saturated carbocycles. The molecule has 6 heteroatoms. The van der Waals surface area contributed by atoms with Crippen LogP contribution in [0.4, 0.5) is 5.69 Å². The summed E-state index contributed by atoms with van der Waals surface area (Å²) in [7, 11) is 0. The van der Waals surface area contributed by atoms with Gasteiger partial charge in [-0.05, 0) is 6.92 Å². The van der Waals surface area contributed by atoms with Crippen molar-refractivity contribution in [3.8, 4) is 6.07 Å². The number of rotatable bonds is 4. The summed E-state index contributed by atoms with van der Waals surface area (Å²) in [6.07, 6.45) is 0. The zero-order chi connectivity index (χ0) is 12.8. The number of nitriles is 1. The third-order valence-electron chi connectivity index (χ3n) is 2.23. The fraction of sp³-hybridized carbons (Fsp3) is 0.273. The van der Waals surface area contributed by atoms with Crippen molar-refractivity contribution in [1.82, 2.24) is 5.32 Å². The van der Waals surface area contributed by atoms with Gasteiger partial charge in [0.25, 0.3) is 5.69 Å². The van der Waals surface area contributed by atoms with Gasteiger partial charge in [-0.15, -0.1) is 0 Å². The van der Waals surface area contributed by atoms with Crippen molar-refractivity contribution in [2.45, 2.75) is 13.5 Å². The van der Waals surface area contributed by atoms with Crippen molar-refractivity contribution >= 4 is 11.6 Å². The molecule has 0 radical (unpaired) electrons. The fourth-order valence-electron chi connectivity index (χ4n) is 1.23. The van der Waals surface area contributed by atoms with Crippen molar-refractivity contribution < 1.29 is 9.72 Å². The number of nitrogens with one attached hydrogen (secondary N) is 1. The molecular formula is C11H11N3O3. The molecule has 1 amide bonds. The average molecular weight is 233 g/mol. The van der Waals surface area contributed by atoms with E-state index < -0.39 is 16.7 Å². The van der Waals surface area contributed by atoms with Gasteiger partial charge in [-0.3, -0.25) is 14.9 Å². The van der Waals surface area contributed by atoms with Crippen LogP contribution in [-0.4, -0.2) is 10.8 Å². The first-order chi connectivity index (χ1) is 8.06. The van der Waals surface area contributed by atoms with Crippen LogP contribution >= 0.6 is 0 Å². The molecule has 0 aliphatic carbocycles. The minimum absolute atomic E-state index is 0.0437. The molecule has 1 rings (SSSR count). The molecule has 17 heavy (non-hydrogen) atoms. The van der Waals surface area contributed by atoms with Crippen LogP contribution in [0.15, 0.2) is 24.3 Å². The highest BCUT2D eigenvalue weighted by Crippen LogP contribution is 2.17. The Morgan fingerprint density at radius 3 is 2.82 bits per heavy atom. The first-order valence-electron chi connectivity index (χ1n) is 4.96. The second kappa shape index (κ2) is 5.61. The van der Waals surface area contributed by atoms with Gasteiger partial charge in [0.1, 0.15) is 5.92 Å². The van der Waals surface area contributed by atoms with Crippen LogP contribution in [0.1, 0.15) is 12.5 Å². The maximum atomic E-state index is 11.3. The van der Waals surface area contributed by atoms with Gasteiger partial charge >= 0.3 is 0 Å². The van der Waals surface area contributed by atoms with Gasteiger partial charge in [0.05, 0.1) is 11.0 Å². The molecular weight excluding hydrogens is 222 g/mol. The lowest BCUT2D eigenvalue weighted by atomic mass is 10.1. The van der Waals surface area contributed by atoms with Gasteiger partial charge in [0.15, 0.2) is 0 Å². The number of carbonyl (C=O) groups is 1. The molecule has 0 fully saturated rings.